The summed E-state index contributed by atoms with van der Waals surface area (Å²) in [6, 6.07) is 55.8. The van der Waals surface area contributed by atoms with E-state index in [1.807, 2.05) is 115 Å². The molecule has 10 rings (SSSR count). The van der Waals surface area contributed by atoms with Crippen LogP contribution >= 0.6 is 0 Å². The summed E-state index contributed by atoms with van der Waals surface area (Å²) in [7, 11) is -3.81. The molecule has 0 atom stereocenters. The molecule has 0 fully saturated rings. The molecule has 0 bridgehead atoms. The number of fused-ring (bicyclic) bond motifs is 6. The van der Waals surface area contributed by atoms with E-state index >= 15 is 0 Å². The summed E-state index contributed by atoms with van der Waals surface area (Å²) in [4.78, 5) is 10.7. The SMILES string of the molecule is O=S1(=O)c2cc(-c3ccccc3)ccc2-c2ccc(-c3nc(-c4ccc(-c5ccccc5)cc4)nc4oc5ccc(-c6ccccc6)cc5c34)cc21. The predicted octanol–water partition coefficient (Wildman–Crippen LogP) is 11.5. The Balaban J connectivity index is 1.16. The van der Waals surface area contributed by atoms with Crippen LogP contribution in [0.25, 0.3) is 89.2 Å². The van der Waals surface area contributed by atoms with E-state index in [0.717, 1.165) is 49.7 Å². The molecule has 5 nitrogen and oxygen atoms in total. The van der Waals surface area contributed by atoms with Gasteiger partial charge < -0.3 is 4.42 Å². The van der Waals surface area contributed by atoms with Gasteiger partial charge in [0.1, 0.15) is 5.58 Å². The molecule has 0 radical (unpaired) electrons. The average Bonchev–Trinajstić information content (AvgIpc) is 3.69. The Morgan fingerprint density at radius 2 is 0.885 bits per heavy atom. The molecule has 0 unspecified atom stereocenters. The Bertz CT molecular complexity index is 2940. The van der Waals surface area contributed by atoms with Crippen LogP contribution in [0.2, 0.25) is 0 Å². The smallest absolute Gasteiger partial charge is 0.231 e. The Morgan fingerprint density at radius 3 is 1.50 bits per heavy atom. The molecule has 6 heteroatoms. The first-order chi connectivity index (χ1) is 25.5. The maximum atomic E-state index is 14.3. The number of hydrogen-bond donors (Lipinski definition) is 0. The van der Waals surface area contributed by atoms with E-state index in [9.17, 15) is 8.42 Å². The van der Waals surface area contributed by atoms with Crippen molar-refractivity contribution in [2.45, 2.75) is 9.79 Å². The number of sulfone groups is 1. The zero-order chi connectivity index (χ0) is 34.8. The van der Waals surface area contributed by atoms with Gasteiger partial charge in [0.15, 0.2) is 5.82 Å². The molecule has 7 aromatic carbocycles. The summed E-state index contributed by atoms with van der Waals surface area (Å²) in [6.45, 7) is 0. The minimum Gasteiger partial charge on any atom is -0.438 e. The number of benzene rings is 7. The van der Waals surface area contributed by atoms with Crippen molar-refractivity contribution in [3.63, 3.8) is 0 Å². The fraction of sp³-hybridized carbons (Fsp3) is 0. The highest BCUT2D eigenvalue weighted by Gasteiger charge is 2.34. The van der Waals surface area contributed by atoms with Crippen molar-refractivity contribution in [1.29, 1.82) is 0 Å². The van der Waals surface area contributed by atoms with Gasteiger partial charge in [-0.25, -0.2) is 13.4 Å². The van der Waals surface area contributed by atoms with Crippen molar-refractivity contribution < 1.29 is 12.8 Å². The molecule has 9 aromatic rings. The lowest BCUT2D eigenvalue weighted by Gasteiger charge is -2.09. The summed E-state index contributed by atoms with van der Waals surface area (Å²) in [5.74, 6) is 0.489. The molecule has 3 heterocycles. The number of furan rings is 1. The second-order valence-electron chi connectivity index (χ2n) is 13.0. The lowest BCUT2D eigenvalue weighted by molar-refractivity contribution is 0.598. The highest BCUT2D eigenvalue weighted by atomic mass is 32.2. The van der Waals surface area contributed by atoms with E-state index in [2.05, 4.69) is 42.5 Å². The van der Waals surface area contributed by atoms with Crippen molar-refractivity contribution in [3.05, 3.63) is 170 Å². The van der Waals surface area contributed by atoms with E-state index in [4.69, 9.17) is 14.4 Å². The number of aromatic nitrogens is 2. The second kappa shape index (κ2) is 11.7. The first kappa shape index (κ1) is 30.2. The maximum absolute atomic E-state index is 14.3. The van der Waals surface area contributed by atoms with Crippen LogP contribution < -0.4 is 0 Å². The van der Waals surface area contributed by atoms with Gasteiger partial charge in [0.2, 0.25) is 15.6 Å². The van der Waals surface area contributed by atoms with Crippen molar-refractivity contribution in [3.8, 4) is 67.2 Å². The van der Waals surface area contributed by atoms with Crippen molar-refractivity contribution in [1.82, 2.24) is 9.97 Å². The van der Waals surface area contributed by atoms with Crippen LogP contribution in [0.5, 0.6) is 0 Å². The van der Waals surface area contributed by atoms with Crippen LogP contribution in [0.1, 0.15) is 0 Å². The molecule has 0 amide bonds. The minimum absolute atomic E-state index is 0.267. The first-order valence-corrected chi connectivity index (χ1v) is 18.5. The summed E-state index contributed by atoms with van der Waals surface area (Å²) in [5.41, 5.74) is 10.7. The summed E-state index contributed by atoms with van der Waals surface area (Å²) >= 11 is 0. The van der Waals surface area contributed by atoms with Gasteiger partial charge in [-0.3, -0.25) is 0 Å². The van der Waals surface area contributed by atoms with Crippen LogP contribution in [0.3, 0.4) is 0 Å². The summed E-state index contributed by atoms with van der Waals surface area (Å²) < 4.78 is 34.9. The topological polar surface area (TPSA) is 73.1 Å². The lowest BCUT2D eigenvalue weighted by Crippen LogP contribution is -1.98. The quantitative estimate of drug-likeness (QED) is 0.180. The zero-order valence-electron chi connectivity index (χ0n) is 27.7. The van der Waals surface area contributed by atoms with Gasteiger partial charge in [0, 0.05) is 27.6 Å². The fourth-order valence-electron chi connectivity index (χ4n) is 7.28. The standard InChI is InChI=1S/C46H28N2O3S/c49-52(50)41-27-35(31-14-8-3-9-15-31)20-23-37(41)38-24-21-36(28-42(38)52)44-43-39-26-34(30-12-6-2-7-13-30)22-25-40(39)51-46(43)48-45(47-44)33-18-16-32(17-19-33)29-10-4-1-5-11-29/h1-28H. The molecule has 52 heavy (non-hydrogen) atoms. The molecule has 2 aromatic heterocycles. The molecule has 246 valence electrons. The molecular formula is C46H28N2O3S. The predicted molar refractivity (Wildman–Crippen MR) is 207 cm³/mol. The average molecular weight is 689 g/mol. The van der Waals surface area contributed by atoms with Gasteiger partial charge in [0.25, 0.3) is 0 Å². The zero-order valence-corrected chi connectivity index (χ0v) is 28.5. The van der Waals surface area contributed by atoms with Gasteiger partial charge in [-0.15, -0.1) is 0 Å². The molecule has 0 spiro atoms. The highest BCUT2D eigenvalue weighted by Crippen LogP contribution is 2.47. The van der Waals surface area contributed by atoms with Crippen LogP contribution in [0, 0.1) is 0 Å². The normalized spacial score (nSPS) is 12.9. The van der Waals surface area contributed by atoms with Crippen LogP contribution in [-0.2, 0) is 9.84 Å². The number of rotatable bonds is 5. The Morgan fingerprint density at radius 1 is 0.423 bits per heavy atom. The third kappa shape index (κ3) is 4.88. The van der Waals surface area contributed by atoms with E-state index in [1.165, 1.54) is 0 Å². The van der Waals surface area contributed by atoms with Crippen LogP contribution in [0.4, 0.5) is 0 Å². The Labute approximate surface area is 300 Å². The Hall–Kier alpha value is -6.63. The highest BCUT2D eigenvalue weighted by molar-refractivity contribution is 7.92. The molecule has 0 aliphatic carbocycles. The van der Waals surface area contributed by atoms with Crippen LogP contribution in [0.15, 0.2) is 184 Å². The minimum atomic E-state index is -3.81. The van der Waals surface area contributed by atoms with Gasteiger partial charge in [0.05, 0.1) is 20.9 Å². The van der Waals surface area contributed by atoms with E-state index in [-0.39, 0.29) is 4.90 Å². The van der Waals surface area contributed by atoms with E-state index in [1.54, 1.807) is 12.1 Å². The fourth-order valence-corrected chi connectivity index (χ4v) is 9.01. The molecular weight excluding hydrogens is 661 g/mol. The Kier molecular flexibility index (Phi) is 6.81. The molecule has 0 saturated carbocycles. The molecule has 0 N–H and O–H groups in total. The van der Waals surface area contributed by atoms with Crippen molar-refractivity contribution >= 4 is 31.9 Å². The van der Waals surface area contributed by atoms with Gasteiger partial charge >= 0.3 is 0 Å². The number of nitrogens with zero attached hydrogens (tertiary/aromatic N) is 2. The lowest BCUT2D eigenvalue weighted by atomic mass is 9.98. The molecule has 1 aliphatic heterocycles. The van der Waals surface area contributed by atoms with Gasteiger partial charge in [-0.1, -0.05) is 146 Å². The van der Waals surface area contributed by atoms with Crippen molar-refractivity contribution in [2.24, 2.45) is 0 Å². The maximum Gasteiger partial charge on any atom is 0.231 e. The number of hydrogen-bond acceptors (Lipinski definition) is 5. The van der Waals surface area contributed by atoms with E-state index < -0.39 is 9.84 Å². The van der Waals surface area contributed by atoms with Gasteiger partial charge in [-0.2, -0.15) is 4.98 Å². The largest absolute Gasteiger partial charge is 0.438 e. The van der Waals surface area contributed by atoms with E-state index in [0.29, 0.717) is 44.4 Å². The summed E-state index contributed by atoms with van der Waals surface area (Å²) in [6.07, 6.45) is 0. The summed E-state index contributed by atoms with van der Waals surface area (Å²) in [5, 5.41) is 1.59. The second-order valence-corrected chi connectivity index (χ2v) is 14.9. The van der Waals surface area contributed by atoms with Gasteiger partial charge in [-0.05, 0) is 57.6 Å². The first-order valence-electron chi connectivity index (χ1n) is 17.1. The third-order valence-corrected chi connectivity index (χ3v) is 11.7. The van der Waals surface area contributed by atoms with Crippen LogP contribution in [-0.4, -0.2) is 18.4 Å². The molecule has 0 saturated heterocycles. The van der Waals surface area contributed by atoms with Crippen molar-refractivity contribution in [2.75, 3.05) is 0 Å². The monoisotopic (exact) mass is 688 g/mol. The third-order valence-electron chi connectivity index (χ3n) is 9.90. The molecule has 1 aliphatic rings.